The van der Waals surface area contributed by atoms with Crippen LogP contribution < -0.4 is 9.80 Å². The molecule has 0 bridgehead atoms. The Morgan fingerprint density at radius 1 is 0.176 bits per heavy atom. The van der Waals surface area contributed by atoms with Gasteiger partial charge in [0.1, 0.15) is 22.3 Å². The van der Waals surface area contributed by atoms with E-state index in [9.17, 15) is 0 Å². The van der Waals surface area contributed by atoms with E-state index in [1.54, 1.807) is 0 Å². The van der Waals surface area contributed by atoms with Gasteiger partial charge in [0.2, 0.25) is 0 Å². The van der Waals surface area contributed by atoms with E-state index < -0.39 is 0 Å². The van der Waals surface area contributed by atoms with E-state index in [4.69, 9.17) is 13.3 Å². The van der Waals surface area contributed by atoms with Crippen molar-refractivity contribution in [1.82, 2.24) is 0 Å². The molecule has 0 N–H and O–H groups in total. The fraction of sp³-hybridized carbons (Fsp3) is 0. The molecular formula is C80H50N2O3. The minimum absolute atomic E-state index is 0.796. The number of benzene rings is 14. The van der Waals surface area contributed by atoms with Gasteiger partial charge >= 0.3 is 0 Å². The van der Waals surface area contributed by atoms with E-state index in [1.807, 2.05) is 12.1 Å². The van der Waals surface area contributed by atoms with Gasteiger partial charge in [0.15, 0.2) is 11.2 Å². The van der Waals surface area contributed by atoms with Gasteiger partial charge in [0, 0.05) is 65.0 Å². The van der Waals surface area contributed by atoms with Crippen LogP contribution in [0.15, 0.2) is 317 Å². The third kappa shape index (κ3) is 7.86. The molecule has 5 heteroatoms. The Labute approximate surface area is 489 Å². The second-order valence-corrected chi connectivity index (χ2v) is 21.8. The molecule has 14 aromatic carbocycles. The molecule has 85 heavy (non-hydrogen) atoms. The molecule has 3 aromatic heterocycles. The molecule has 5 nitrogen and oxygen atoms in total. The average Bonchev–Trinajstić information content (AvgIpc) is 2.00. The van der Waals surface area contributed by atoms with Gasteiger partial charge in [0.25, 0.3) is 0 Å². The van der Waals surface area contributed by atoms with Gasteiger partial charge in [-0.3, -0.25) is 0 Å². The molecule has 0 aliphatic heterocycles. The number of fused-ring (bicyclic) bond motifs is 13. The molecule has 17 rings (SSSR count). The molecule has 0 atom stereocenters. The molecule has 0 spiro atoms. The molecule has 0 saturated heterocycles. The van der Waals surface area contributed by atoms with Crippen LogP contribution in [-0.4, -0.2) is 0 Å². The molecule has 3 heterocycles. The normalized spacial score (nSPS) is 11.8. The number of anilines is 6. The summed E-state index contributed by atoms with van der Waals surface area (Å²) in [5, 5.41) is 10.2. The van der Waals surface area contributed by atoms with Gasteiger partial charge in [-0.1, -0.05) is 255 Å². The van der Waals surface area contributed by atoms with Crippen molar-refractivity contribution in [2.75, 3.05) is 9.80 Å². The largest absolute Gasteiger partial charge is 0.455 e. The van der Waals surface area contributed by atoms with E-state index in [0.29, 0.717) is 0 Å². The first-order valence-corrected chi connectivity index (χ1v) is 28.9. The SMILES string of the molecule is c1ccc(-c2ccc(-c3ccccc3)c(N(c3cc4c5cc(N(c6cc(-c7ccccc7)ccc6-c6ccccc6)c6cccc7c6oc6ccccc67)c6ccccc6c5oc4c4ccccc34)c3cccc4c3oc3ccccc34)c2)cc1. The fourth-order valence-electron chi connectivity index (χ4n) is 13.1. The Hall–Kier alpha value is -11.4. The number of furan rings is 3. The predicted octanol–water partition coefficient (Wildman–Crippen LogP) is 23.3. The Balaban J connectivity index is 1.00. The minimum Gasteiger partial charge on any atom is -0.455 e. The zero-order valence-electron chi connectivity index (χ0n) is 46.0. The standard InChI is InChI=1S/C80H50N2O3/c1-5-23-51(24-6-1)55-43-45-57(53-27-9-3-10-28-53)71(47-55)81(69-39-21-37-65-61-33-17-19-41-75(61)83-79(65)69)73-49-67-68-50-74(60-32-14-16-36-64(60)78(68)85-77(67)63-35-15-13-31-59(63)73)82(70-40-22-38-66-62-34-18-20-42-76(62)84-80(66)70)72-48-56(52-25-7-2-8-26-52)44-46-58(72)54-29-11-4-12-30-54/h1-50H. The molecule has 0 radical (unpaired) electrons. The summed E-state index contributed by atoms with van der Waals surface area (Å²) in [5.74, 6) is 0. The third-order valence-corrected chi connectivity index (χ3v) is 17.0. The Morgan fingerprint density at radius 3 is 0.918 bits per heavy atom. The highest BCUT2D eigenvalue weighted by Crippen LogP contribution is 2.54. The third-order valence-electron chi connectivity index (χ3n) is 17.0. The summed E-state index contributed by atoms with van der Waals surface area (Å²) in [6, 6.07) is 108. The summed E-state index contributed by atoms with van der Waals surface area (Å²) in [6.45, 7) is 0. The highest BCUT2D eigenvalue weighted by Gasteiger charge is 2.30. The van der Waals surface area contributed by atoms with Crippen molar-refractivity contribution >= 4 is 121 Å². The maximum absolute atomic E-state index is 7.46. The average molecular weight is 1090 g/mol. The first-order chi connectivity index (χ1) is 42.2. The maximum atomic E-state index is 7.46. The molecule has 0 aliphatic carbocycles. The minimum atomic E-state index is 0.796. The number of hydrogen-bond acceptors (Lipinski definition) is 5. The van der Waals surface area contributed by atoms with Gasteiger partial charge in [-0.15, -0.1) is 0 Å². The van der Waals surface area contributed by atoms with Gasteiger partial charge < -0.3 is 23.1 Å². The lowest BCUT2D eigenvalue weighted by Crippen LogP contribution is -2.13. The Kier molecular flexibility index (Phi) is 11.2. The van der Waals surface area contributed by atoms with Crippen molar-refractivity contribution in [3.05, 3.63) is 303 Å². The zero-order chi connectivity index (χ0) is 56.0. The van der Waals surface area contributed by atoms with Crippen molar-refractivity contribution < 1.29 is 13.3 Å². The lowest BCUT2D eigenvalue weighted by molar-refractivity contribution is 0.669. The van der Waals surface area contributed by atoms with E-state index in [-0.39, 0.29) is 0 Å². The van der Waals surface area contributed by atoms with Gasteiger partial charge in [-0.05, 0) is 81.9 Å². The topological polar surface area (TPSA) is 45.9 Å². The van der Waals surface area contributed by atoms with Crippen molar-refractivity contribution in [2.24, 2.45) is 0 Å². The van der Waals surface area contributed by atoms with Crippen LogP contribution in [0.25, 0.3) is 132 Å². The number of nitrogens with zero attached hydrogens (tertiary/aromatic N) is 2. The highest BCUT2D eigenvalue weighted by molar-refractivity contribution is 6.26. The second kappa shape index (κ2) is 19.7. The molecule has 0 unspecified atom stereocenters. The smallest absolute Gasteiger partial charge is 0.159 e. The zero-order valence-corrected chi connectivity index (χ0v) is 46.0. The van der Waals surface area contributed by atoms with Crippen LogP contribution in [0.5, 0.6) is 0 Å². The first-order valence-electron chi connectivity index (χ1n) is 28.9. The second-order valence-electron chi connectivity index (χ2n) is 21.8. The Morgan fingerprint density at radius 2 is 0.506 bits per heavy atom. The maximum Gasteiger partial charge on any atom is 0.159 e. The first kappa shape index (κ1) is 48.3. The van der Waals surface area contributed by atoms with Crippen molar-refractivity contribution in [2.45, 2.75) is 0 Å². The monoisotopic (exact) mass is 1090 g/mol. The lowest BCUT2D eigenvalue weighted by Gasteiger charge is -2.30. The van der Waals surface area contributed by atoms with Crippen LogP contribution >= 0.6 is 0 Å². The van der Waals surface area contributed by atoms with E-state index in [1.165, 1.54) is 0 Å². The van der Waals surface area contributed by atoms with Crippen LogP contribution in [0.3, 0.4) is 0 Å². The highest BCUT2D eigenvalue weighted by atomic mass is 16.3. The quantitative estimate of drug-likeness (QED) is 0.137. The molecule has 398 valence electrons. The van der Waals surface area contributed by atoms with Crippen molar-refractivity contribution in [3.63, 3.8) is 0 Å². The molecule has 0 saturated carbocycles. The molecule has 0 aliphatic rings. The van der Waals surface area contributed by atoms with Crippen LogP contribution in [-0.2, 0) is 0 Å². The van der Waals surface area contributed by atoms with Gasteiger partial charge in [0.05, 0.1) is 34.1 Å². The van der Waals surface area contributed by atoms with E-state index >= 15 is 0 Å². The predicted molar refractivity (Wildman–Crippen MR) is 354 cm³/mol. The number of rotatable bonds is 10. The Bertz CT molecular complexity index is 5090. The summed E-state index contributed by atoms with van der Waals surface area (Å²) < 4.78 is 21.6. The molecule has 0 fully saturated rings. The molecule has 17 aromatic rings. The van der Waals surface area contributed by atoms with Crippen LogP contribution in [0, 0.1) is 0 Å². The summed E-state index contributed by atoms with van der Waals surface area (Å²) >= 11 is 0. The summed E-state index contributed by atoms with van der Waals surface area (Å²) in [7, 11) is 0. The van der Waals surface area contributed by atoms with E-state index in [0.717, 1.165) is 166 Å². The summed E-state index contributed by atoms with van der Waals surface area (Å²) in [5.41, 5.74) is 19.4. The number of para-hydroxylation sites is 4. The lowest BCUT2D eigenvalue weighted by atomic mass is 9.95. The summed E-state index contributed by atoms with van der Waals surface area (Å²) in [6.07, 6.45) is 0. The van der Waals surface area contributed by atoms with Crippen LogP contribution in [0.1, 0.15) is 0 Å². The van der Waals surface area contributed by atoms with Crippen molar-refractivity contribution in [1.29, 1.82) is 0 Å². The van der Waals surface area contributed by atoms with Crippen LogP contribution in [0.2, 0.25) is 0 Å². The molecular weight excluding hydrogens is 1040 g/mol. The van der Waals surface area contributed by atoms with Crippen molar-refractivity contribution in [3.8, 4) is 44.5 Å². The summed E-state index contributed by atoms with van der Waals surface area (Å²) in [4.78, 5) is 4.88. The fourth-order valence-corrected chi connectivity index (χ4v) is 13.1. The van der Waals surface area contributed by atoms with Gasteiger partial charge in [-0.25, -0.2) is 0 Å². The van der Waals surface area contributed by atoms with E-state index in [2.05, 4.69) is 301 Å². The number of hydrogen-bond donors (Lipinski definition) is 0. The van der Waals surface area contributed by atoms with Crippen LogP contribution in [0.4, 0.5) is 34.1 Å². The molecule has 0 amide bonds. The van der Waals surface area contributed by atoms with Gasteiger partial charge in [-0.2, -0.15) is 0 Å².